The Labute approximate surface area is 131 Å². The van der Waals surface area contributed by atoms with Crippen LogP contribution in [-0.2, 0) is 10.3 Å². The van der Waals surface area contributed by atoms with Crippen molar-refractivity contribution in [3.63, 3.8) is 0 Å². The van der Waals surface area contributed by atoms with Crippen molar-refractivity contribution < 1.29 is 14.6 Å². The summed E-state index contributed by atoms with van der Waals surface area (Å²) in [4.78, 5) is 18.6. The molecule has 0 aliphatic carbocycles. The highest BCUT2D eigenvalue weighted by molar-refractivity contribution is 7.17. The number of carbonyl (C=O) groups is 1. The monoisotopic (exact) mass is 322 g/mol. The van der Waals surface area contributed by atoms with E-state index in [1.807, 2.05) is 0 Å². The summed E-state index contributed by atoms with van der Waals surface area (Å²) in [5, 5.41) is 18.2. The number of rotatable bonds is 4. The highest BCUT2D eigenvalue weighted by Gasteiger charge is 2.36. The van der Waals surface area contributed by atoms with Gasteiger partial charge in [0.25, 0.3) is 0 Å². The van der Waals surface area contributed by atoms with Gasteiger partial charge in [-0.25, -0.2) is 9.78 Å². The van der Waals surface area contributed by atoms with E-state index in [1.54, 1.807) is 25.4 Å². The van der Waals surface area contributed by atoms with Crippen molar-refractivity contribution in [2.24, 2.45) is 0 Å². The zero-order chi connectivity index (χ0) is 15.6. The van der Waals surface area contributed by atoms with Crippen LogP contribution in [0.4, 0.5) is 5.13 Å². The zero-order valence-electron chi connectivity index (χ0n) is 12.3. The average molecular weight is 322 g/mol. The fourth-order valence-electron chi connectivity index (χ4n) is 2.56. The van der Waals surface area contributed by atoms with Crippen molar-refractivity contribution >= 4 is 22.4 Å². The number of thiazole rings is 1. The third-order valence-electron chi connectivity index (χ3n) is 3.83. The van der Waals surface area contributed by atoms with Gasteiger partial charge in [0.05, 0.1) is 18.5 Å². The first-order valence-electron chi connectivity index (χ1n) is 7.22. The fourth-order valence-corrected chi connectivity index (χ4v) is 3.42. The number of nitrogens with one attached hydrogen (secondary N) is 1. The third kappa shape index (κ3) is 2.84. The van der Waals surface area contributed by atoms with Crippen molar-refractivity contribution in [3.05, 3.63) is 29.0 Å². The van der Waals surface area contributed by atoms with Crippen molar-refractivity contribution in [1.29, 1.82) is 0 Å². The minimum Gasteiger partial charge on any atom is -0.462 e. The Balaban J connectivity index is 1.65. The van der Waals surface area contributed by atoms with Crippen LogP contribution in [0, 0.1) is 0 Å². The third-order valence-corrected chi connectivity index (χ3v) is 4.87. The number of hydrogen-bond donors (Lipinski definition) is 2. The van der Waals surface area contributed by atoms with E-state index in [9.17, 15) is 9.90 Å². The molecule has 1 aliphatic rings. The molecule has 1 saturated heterocycles. The molecule has 0 atom stereocenters. The molecule has 7 nitrogen and oxygen atoms in total. The molecular weight excluding hydrogens is 304 g/mol. The molecule has 0 aromatic carbocycles. The molecule has 0 saturated carbocycles. The van der Waals surface area contributed by atoms with Gasteiger partial charge in [-0.05, 0) is 25.8 Å². The quantitative estimate of drug-likeness (QED) is 0.830. The second-order valence-corrected chi connectivity index (χ2v) is 6.23. The molecule has 1 fully saturated rings. The maximum absolute atomic E-state index is 11.7. The molecule has 0 amide bonds. The summed E-state index contributed by atoms with van der Waals surface area (Å²) >= 11 is 1.32. The number of aromatic nitrogens is 3. The second-order valence-electron chi connectivity index (χ2n) is 5.22. The number of aliphatic hydroxyl groups is 1. The minimum atomic E-state index is -0.867. The Bertz CT molecular complexity index is 632. The Morgan fingerprint density at radius 2 is 2.32 bits per heavy atom. The van der Waals surface area contributed by atoms with Gasteiger partial charge < -0.3 is 14.7 Å². The molecule has 0 bridgehead atoms. The highest BCUT2D eigenvalue weighted by atomic mass is 32.1. The smallest absolute Gasteiger partial charge is 0.350 e. The standard InChI is InChI=1S/C14H18N4O3S/c1-2-21-12(19)10-9-15-13(22-10)18-7-4-14(20,5-8-18)11-3-6-16-17-11/h3,6,9,20H,2,4-5,7-8H2,1H3,(H,16,17). The summed E-state index contributed by atoms with van der Waals surface area (Å²) in [7, 11) is 0. The normalized spacial score (nSPS) is 17.5. The largest absolute Gasteiger partial charge is 0.462 e. The van der Waals surface area contributed by atoms with Gasteiger partial charge in [0, 0.05) is 19.3 Å². The van der Waals surface area contributed by atoms with E-state index in [-0.39, 0.29) is 5.97 Å². The summed E-state index contributed by atoms with van der Waals surface area (Å²) in [6.45, 7) is 3.48. The van der Waals surface area contributed by atoms with E-state index >= 15 is 0 Å². The van der Waals surface area contributed by atoms with E-state index in [1.165, 1.54) is 11.3 Å². The van der Waals surface area contributed by atoms with Crippen LogP contribution < -0.4 is 4.90 Å². The zero-order valence-corrected chi connectivity index (χ0v) is 13.1. The molecule has 0 spiro atoms. The van der Waals surface area contributed by atoms with Crippen LogP contribution in [0.25, 0.3) is 0 Å². The summed E-state index contributed by atoms with van der Waals surface area (Å²) < 4.78 is 4.97. The van der Waals surface area contributed by atoms with Crippen molar-refractivity contribution in [1.82, 2.24) is 15.2 Å². The van der Waals surface area contributed by atoms with Gasteiger partial charge in [-0.2, -0.15) is 5.10 Å². The first-order chi connectivity index (χ1) is 10.6. The van der Waals surface area contributed by atoms with Crippen LogP contribution >= 0.6 is 11.3 Å². The highest BCUT2D eigenvalue weighted by Crippen LogP contribution is 2.34. The molecule has 2 aromatic heterocycles. The molecule has 2 aromatic rings. The number of ether oxygens (including phenoxy) is 1. The molecule has 1 aliphatic heterocycles. The molecule has 22 heavy (non-hydrogen) atoms. The number of H-pyrrole nitrogens is 1. The Morgan fingerprint density at radius 3 is 2.95 bits per heavy atom. The first kappa shape index (κ1) is 15.0. The second kappa shape index (κ2) is 6.05. The maximum Gasteiger partial charge on any atom is 0.350 e. The summed E-state index contributed by atoms with van der Waals surface area (Å²) in [5.74, 6) is -0.336. The predicted molar refractivity (Wildman–Crippen MR) is 82.0 cm³/mol. The van der Waals surface area contributed by atoms with E-state index in [4.69, 9.17) is 4.74 Å². The van der Waals surface area contributed by atoms with E-state index < -0.39 is 5.60 Å². The van der Waals surface area contributed by atoms with Crippen LogP contribution in [0.1, 0.15) is 35.1 Å². The molecule has 0 radical (unpaired) electrons. The van der Waals surface area contributed by atoms with Crippen LogP contribution in [0.15, 0.2) is 18.5 Å². The average Bonchev–Trinajstić information content (AvgIpc) is 3.20. The number of esters is 1. The van der Waals surface area contributed by atoms with Crippen LogP contribution in [0.5, 0.6) is 0 Å². The Morgan fingerprint density at radius 1 is 1.55 bits per heavy atom. The molecule has 3 rings (SSSR count). The Hall–Kier alpha value is -1.93. The number of piperidine rings is 1. The molecule has 0 unspecified atom stereocenters. The predicted octanol–water partition coefficient (Wildman–Crippen LogP) is 1.53. The van der Waals surface area contributed by atoms with Gasteiger partial charge in [-0.15, -0.1) is 0 Å². The summed E-state index contributed by atoms with van der Waals surface area (Å²) in [6, 6.07) is 1.80. The van der Waals surface area contributed by atoms with Gasteiger partial charge in [0.15, 0.2) is 5.13 Å². The van der Waals surface area contributed by atoms with Crippen molar-refractivity contribution in [2.75, 3.05) is 24.6 Å². The number of carbonyl (C=O) groups excluding carboxylic acids is 1. The van der Waals surface area contributed by atoms with Crippen LogP contribution in [0.3, 0.4) is 0 Å². The lowest BCUT2D eigenvalue weighted by atomic mass is 9.88. The SMILES string of the molecule is CCOC(=O)c1cnc(N2CCC(O)(c3ccn[nH]3)CC2)s1. The molecule has 2 N–H and O–H groups in total. The Kier molecular flexibility index (Phi) is 4.12. The lowest BCUT2D eigenvalue weighted by Gasteiger charge is -2.37. The molecule has 118 valence electrons. The van der Waals surface area contributed by atoms with Gasteiger partial charge in [-0.3, -0.25) is 5.10 Å². The number of aromatic amines is 1. The fraction of sp³-hybridized carbons (Fsp3) is 0.500. The number of hydrogen-bond acceptors (Lipinski definition) is 7. The summed E-state index contributed by atoms with van der Waals surface area (Å²) in [6.07, 6.45) is 4.37. The first-order valence-corrected chi connectivity index (χ1v) is 8.04. The summed E-state index contributed by atoms with van der Waals surface area (Å²) in [5.41, 5.74) is -0.118. The lowest BCUT2D eigenvalue weighted by Crippen LogP contribution is -2.42. The van der Waals surface area contributed by atoms with Gasteiger partial charge >= 0.3 is 5.97 Å². The minimum absolute atomic E-state index is 0.336. The van der Waals surface area contributed by atoms with Gasteiger partial charge in [0.2, 0.25) is 0 Å². The van der Waals surface area contributed by atoms with Gasteiger partial charge in [-0.1, -0.05) is 11.3 Å². The van der Waals surface area contributed by atoms with E-state index in [2.05, 4.69) is 20.1 Å². The van der Waals surface area contributed by atoms with E-state index in [0.29, 0.717) is 37.4 Å². The molecular formula is C14H18N4O3S. The van der Waals surface area contributed by atoms with Crippen molar-refractivity contribution in [3.8, 4) is 0 Å². The molecule has 3 heterocycles. The molecule has 8 heteroatoms. The van der Waals surface area contributed by atoms with Crippen LogP contribution in [-0.4, -0.2) is 46.0 Å². The number of anilines is 1. The topological polar surface area (TPSA) is 91.3 Å². The maximum atomic E-state index is 11.7. The van der Waals surface area contributed by atoms with Gasteiger partial charge in [0.1, 0.15) is 10.5 Å². The lowest BCUT2D eigenvalue weighted by molar-refractivity contribution is 0.00756. The number of nitrogens with zero attached hydrogens (tertiary/aromatic N) is 3. The van der Waals surface area contributed by atoms with E-state index in [0.717, 1.165) is 10.8 Å². The van der Waals surface area contributed by atoms with Crippen LogP contribution in [0.2, 0.25) is 0 Å². The van der Waals surface area contributed by atoms with Crippen molar-refractivity contribution in [2.45, 2.75) is 25.4 Å².